The Hall–Kier alpha value is -1.74. The highest BCUT2D eigenvalue weighted by Crippen LogP contribution is 2.23. The van der Waals surface area contributed by atoms with Crippen LogP contribution in [-0.2, 0) is 6.42 Å². The fourth-order valence-electron chi connectivity index (χ4n) is 2.53. The quantitative estimate of drug-likeness (QED) is 0.825. The third-order valence-electron chi connectivity index (χ3n) is 3.70. The van der Waals surface area contributed by atoms with Gasteiger partial charge in [0.2, 0.25) is 0 Å². The molecule has 0 radical (unpaired) electrons. The first-order valence-corrected chi connectivity index (χ1v) is 7.59. The lowest BCUT2D eigenvalue weighted by atomic mass is 9.95. The predicted octanol–water partition coefficient (Wildman–Crippen LogP) is 4.20. The minimum Gasteiger partial charge on any atom is -0.310 e. The fraction of sp³-hybridized carbons (Fsp3) is 0.389. The average molecular weight is 286 g/mol. The van der Waals surface area contributed by atoms with E-state index in [1.54, 1.807) is 12.3 Å². The molecule has 0 spiro atoms. The molecule has 0 saturated heterocycles. The van der Waals surface area contributed by atoms with Crippen LogP contribution in [0, 0.1) is 12.7 Å². The van der Waals surface area contributed by atoms with Crippen molar-refractivity contribution in [3.63, 3.8) is 0 Å². The highest BCUT2D eigenvalue weighted by atomic mass is 19.1. The third-order valence-corrected chi connectivity index (χ3v) is 3.70. The lowest BCUT2D eigenvalue weighted by Crippen LogP contribution is -2.23. The molecule has 1 aromatic carbocycles. The summed E-state index contributed by atoms with van der Waals surface area (Å²) in [5, 5.41) is 3.54. The van der Waals surface area contributed by atoms with Crippen LogP contribution in [-0.4, -0.2) is 11.5 Å². The molecule has 1 unspecified atom stereocenters. The van der Waals surface area contributed by atoms with Gasteiger partial charge in [0.15, 0.2) is 0 Å². The van der Waals surface area contributed by atoms with Gasteiger partial charge in [0.1, 0.15) is 5.82 Å². The number of aromatic nitrogens is 1. The molecule has 3 heteroatoms. The van der Waals surface area contributed by atoms with E-state index in [2.05, 4.69) is 23.3 Å². The predicted molar refractivity (Wildman–Crippen MR) is 84.7 cm³/mol. The van der Waals surface area contributed by atoms with Crippen LogP contribution in [0.1, 0.15) is 42.5 Å². The number of hydrogen-bond donors (Lipinski definition) is 1. The SMILES string of the molecule is CCCNC(CCc1cccnc1)c1cc(F)ccc1C. The first-order valence-electron chi connectivity index (χ1n) is 7.59. The van der Waals surface area contributed by atoms with E-state index in [4.69, 9.17) is 0 Å². The molecule has 21 heavy (non-hydrogen) atoms. The zero-order valence-corrected chi connectivity index (χ0v) is 12.8. The molecule has 0 saturated carbocycles. The van der Waals surface area contributed by atoms with E-state index in [0.717, 1.165) is 36.9 Å². The van der Waals surface area contributed by atoms with E-state index >= 15 is 0 Å². The van der Waals surface area contributed by atoms with Crippen molar-refractivity contribution in [3.8, 4) is 0 Å². The molecule has 2 rings (SSSR count). The Balaban J connectivity index is 2.12. The van der Waals surface area contributed by atoms with Gasteiger partial charge in [-0.25, -0.2) is 4.39 Å². The van der Waals surface area contributed by atoms with Crippen molar-refractivity contribution in [2.24, 2.45) is 0 Å². The van der Waals surface area contributed by atoms with Crippen LogP contribution in [0.15, 0.2) is 42.7 Å². The molecule has 0 aliphatic heterocycles. The zero-order chi connectivity index (χ0) is 15.1. The van der Waals surface area contributed by atoms with Crippen molar-refractivity contribution in [3.05, 3.63) is 65.2 Å². The summed E-state index contributed by atoms with van der Waals surface area (Å²) in [6.45, 7) is 5.12. The van der Waals surface area contributed by atoms with Crippen LogP contribution in [0.4, 0.5) is 4.39 Å². The highest BCUT2D eigenvalue weighted by Gasteiger charge is 2.14. The number of nitrogens with zero attached hydrogens (tertiary/aromatic N) is 1. The second kappa shape index (κ2) is 7.89. The summed E-state index contributed by atoms with van der Waals surface area (Å²) in [6.07, 6.45) is 6.63. The molecule has 2 aromatic rings. The van der Waals surface area contributed by atoms with Gasteiger partial charge in [-0.05, 0) is 67.6 Å². The second-order valence-corrected chi connectivity index (χ2v) is 5.41. The van der Waals surface area contributed by atoms with Gasteiger partial charge in [0.05, 0.1) is 0 Å². The Labute approximate surface area is 126 Å². The number of halogens is 1. The van der Waals surface area contributed by atoms with Gasteiger partial charge in [0, 0.05) is 18.4 Å². The molecule has 0 aliphatic rings. The average Bonchev–Trinajstić information content (AvgIpc) is 2.51. The summed E-state index contributed by atoms with van der Waals surface area (Å²) in [5.41, 5.74) is 3.42. The maximum atomic E-state index is 13.6. The highest BCUT2D eigenvalue weighted by molar-refractivity contribution is 5.30. The number of hydrogen-bond acceptors (Lipinski definition) is 2. The van der Waals surface area contributed by atoms with Gasteiger partial charge in [-0.2, -0.15) is 0 Å². The van der Waals surface area contributed by atoms with Gasteiger partial charge in [-0.1, -0.05) is 19.1 Å². The lowest BCUT2D eigenvalue weighted by Gasteiger charge is -2.21. The zero-order valence-electron chi connectivity index (χ0n) is 12.8. The van der Waals surface area contributed by atoms with Crippen LogP contribution in [0.25, 0.3) is 0 Å². The first-order chi connectivity index (χ1) is 10.2. The molecule has 112 valence electrons. The van der Waals surface area contributed by atoms with Gasteiger partial charge < -0.3 is 5.32 Å². The van der Waals surface area contributed by atoms with Crippen molar-refractivity contribution in [1.29, 1.82) is 0 Å². The Bertz CT molecular complexity index is 554. The van der Waals surface area contributed by atoms with Crippen LogP contribution in [0.2, 0.25) is 0 Å². The Kier molecular flexibility index (Phi) is 5.88. The van der Waals surface area contributed by atoms with Gasteiger partial charge in [-0.15, -0.1) is 0 Å². The standard InChI is InChI=1S/C18H23FN2/c1-3-10-21-18(9-7-15-5-4-11-20-13-15)17-12-16(19)8-6-14(17)2/h4-6,8,11-13,18,21H,3,7,9-10H2,1-2H3. The van der Waals surface area contributed by atoms with E-state index in [-0.39, 0.29) is 11.9 Å². The van der Waals surface area contributed by atoms with Crippen molar-refractivity contribution in [1.82, 2.24) is 10.3 Å². The molecule has 1 aromatic heterocycles. The minimum atomic E-state index is -0.166. The number of rotatable bonds is 7. The molecule has 1 N–H and O–H groups in total. The molecule has 2 nitrogen and oxygen atoms in total. The van der Waals surface area contributed by atoms with Gasteiger partial charge in [-0.3, -0.25) is 4.98 Å². The normalized spacial score (nSPS) is 12.3. The van der Waals surface area contributed by atoms with E-state index < -0.39 is 0 Å². The summed E-state index contributed by atoms with van der Waals surface area (Å²) in [5.74, 6) is -0.166. The summed E-state index contributed by atoms with van der Waals surface area (Å²) in [7, 11) is 0. The van der Waals surface area contributed by atoms with E-state index in [1.165, 1.54) is 11.6 Å². The van der Waals surface area contributed by atoms with Crippen molar-refractivity contribution in [2.75, 3.05) is 6.54 Å². The van der Waals surface area contributed by atoms with Crippen LogP contribution >= 0.6 is 0 Å². The van der Waals surface area contributed by atoms with Crippen LogP contribution in [0.3, 0.4) is 0 Å². The Morgan fingerprint density at radius 2 is 2.14 bits per heavy atom. The van der Waals surface area contributed by atoms with Crippen LogP contribution in [0.5, 0.6) is 0 Å². The van der Waals surface area contributed by atoms with E-state index in [0.29, 0.717) is 0 Å². The van der Waals surface area contributed by atoms with Gasteiger partial charge in [0.25, 0.3) is 0 Å². The molecule has 0 amide bonds. The summed E-state index contributed by atoms with van der Waals surface area (Å²) in [6, 6.07) is 9.26. The number of aryl methyl sites for hydroxylation is 2. The lowest BCUT2D eigenvalue weighted by molar-refractivity contribution is 0.493. The monoisotopic (exact) mass is 286 g/mol. The van der Waals surface area contributed by atoms with Crippen molar-refractivity contribution in [2.45, 2.75) is 39.2 Å². The van der Waals surface area contributed by atoms with E-state index in [9.17, 15) is 4.39 Å². The third kappa shape index (κ3) is 4.64. The fourth-order valence-corrected chi connectivity index (χ4v) is 2.53. The number of benzene rings is 1. The molecule has 0 bridgehead atoms. The maximum absolute atomic E-state index is 13.6. The smallest absolute Gasteiger partial charge is 0.123 e. The molecular formula is C18H23FN2. The van der Waals surface area contributed by atoms with Crippen molar-refractivity contribution >= 4 is 0 Å². The molecule has 1 heterocycles. The Morgan fingerprint density at radius 1 is 1.29 bits per heavy atom. The van der Waals surface area contributed by atoms with Crippen LogP contribution < -0.4 is 5.32 Å². The second-order valence-electron chi connectivity index (χ2n) is 5.41. The molecule has 0 aliphatic carbocycles. The molecule has 1 atom stereocenters. The largest absolute Gasteiger partial charge is 0.310 e. The van der Waals surface area contributed by atoms with Crippen molar-refractivity contribution < 1.29 is 4.39 Å². The number of nitrogens with one attached hydrogen (secondary N) is 1. The summed E-state index contributed by atoms with van der Waals surface area (Å²) in [4.78, 5) is 4.15. The molecular weight excluding hydrogens is 263 g/mol. The Morgan fingerprint density at radius 3 is 2.86 bits per heavy atom. The summed E-state index contributed by atoms with van der Waals surface area (Å²) >= 11 is 0. The number of pyridine rings is 1. The first kappa shape index (κ1) is 15.6. The van der Waals surface area contributed by atoms with E-state index in [1.807, 2.05) is 25.3 Å². The topological polar surface area (TPSA) is 24.9 Å². The minimum absolute atomic E-state index is 0.166. The van der Waals surface area contributed by atoms with Gasteiger partial charge >= 0.3 is 0 Å². The summed E-state index contributed by atoms with van der Waals surface area (Å²) < 4.78 is 13.6. The maximum Gasteiger partial charge on any atom is 0.123 e. The molecule has 0 fully saturated rings.